The van der Waals surface area contributed by atoms with Crippen LogP contribution in [0.4, 0.5) is 4.79 Å². The molecule has 1 aromatic heterocycles. The standard InChI is InChI=1S/C20H18N2O3S/c1-25-17-10-6-3-7-13(17)11-22-12-15(14-8-4-5-9-16(14)22)18-19(23)21-20(24)26(18)2/h3-10,12,18H,2,11H2,1H3,(H,21,23,24). The van der Waals surface area contributed by atoms with Crippen LogP contribution in [0.5, 0.6) is 5.75 Å². The molecular weight excluding hydrogens is 348 g/mol. The summed E-state index contributed by atoms with van der Waals surface area (Å²) in [5.41, 5.74) is 2.90. The van der Waals surface area contributed by atoms with Crippen LogP contribution < -0.4 is 10.1 Å². The van der Waals surface area contributed by atoms with Crippen LogP contribution >= 0.6 is 10.5 Å². The van der Waals surface area contributed by atoms with Crippen molar-refractivity contribution >= 4 is 38.4 Å². The average molecular weight is 366 g/mol. The van der Waals surface area contributed by atoms with Gasteiger partial charge in [-0.15, -0.1) is 0 Å². The van der Waals surface area contributed by atoms with E-state index in [9.17, 15) is 9.59 Å². The van der Waals surface area contributed by atoms with Gasteiger partial charge in [0.05, 0.1) is 13.7 Å². The van der Waals surface area contributed by atoms with E-state index in [0.717, 1.165) is 27.8 Å². The normalized spacial score (nSPS) is 19.7. The quantitative estimate of drug-likeness (QED) is 0.717. The summed E-state index contributed by atoms with van der Waals surface area (Å²) in [4.78, 5) is 24.2. The topological polar surface area (TPSA) is 60.3 Å². The lowest BCUT2D eigenvalue weighted by atomic mass is 10.1. The Labute approximate surface area is 153 Å². The number of hydrogen-bond acceptors (Lipinski definition) is 3. The number of fused-ring (bicyclic) bond motifs is 1. The first kappa shape index (κ1) is 16.6. The maximum absolute atomic E-state index is 12.3. The second-order valence-electron chi connectivity index (χ2n) is 6.13. The summed E-state index contributed by atoms with van der Waals surface area (Å²) in [5.74, 6) is 4.47. The summed E-state index contributed by atoms with van der Waals surface area (Å²) in [7, 11) is 0.735. The van der Waals surface area contributed by atoms with Crippen LogP contribution in [0.3, 0.4) is 0 Å². The summed E-state index contributed by atoms with van der Waals surface area (Å²) < 4.78 is 7.55. The summed E-state index contributed by atoms with van der Waals surface area (Å²) >= 11 is 0. The van der Waals surface area contributed by atoms with E-state index in [1.54, 1.807) is 7.11 Å². The van der Waals surface area contributed by atoms with Gasteiger partial charge < -0.3 is 9.30 Å². The lowest BCUT2D eigenvalue weighted by Gasteiger charge is -2.10. The predicted molar refractivity (Wildman–Crippen MR) is 105 cm³/mol. The molecule has 26 heavy (non-hydrogen) atoms. The number of amides is 2. The number of rotatable bonds is 4. The van der Waals surface area contributed by atoms with Gasteiger partial charge >= 0.3 is 0 Å². The van der Waals surface area contributed by atoms with Gasteiger partial charge in [-0.3, -0.25) is 14.9 Å². The fourth-order valence-corrected chi connectivity index (χ4v) is 4.65. The number of carbonyl (C=O) groups is 2. The minimum absolute atomic E-state index is 0.270. The number of para-hydroxylation sites is 2. The third-order valence-corrected chi connectivity index (χ3v) is 6.24. The smallest absolute Gasteiger partial charge is 0.280 e. The number of carbonyl (C=O) groups excluding carboxylic acids is 2. The summed E-state index contributed by atoms with van der Waals surface area (Å²) in [6.45, 7) is 0.609. The van der Waals surface area contributed by atoms with Gasteiger partial charge in [0.2, 0.25) is 5.91 Å². The number of ether oxygens (including phenoxy) is 1. The Morgan fingerprint density at radius 2 is 1.88 bits per heavy atom. The highest BCUT2D eigenvalue weighted by Crippen LogP contribution is 2.42. The molecule has 2 unspecified atom stereocenters. The van der Waals surface area contributed by atoms with Gasteiger partial charge in [-0.05, 0) is 12.1 Å². The molecule has 3 aromatic rings. The molecule has 0 bridgehead atoms. The number of nitrogens with one attached hydrogen (secondary N) is 1. The molecule has 6 heteroatoms. The molecule has 0 saturated carbocycles. The molecule has 1 fully saturated rings. The lowest BCUT2D eigenvalue weighted by molar-refractivity contribution is -0.119. The van der Waals surface area contributed by atoms with Crippen LogP contribution in [-0.4, -0.2) is 28.7 Å². The zero-order chi connectivity index (χ0) is 18.3. The van der Waals surface area contributed by atoms with E-state index < -0.39 is 15.7 Å². The van der Waals surface area contributed by atoms with E-state index in [1.807, 2.05) is 54.7 Å². The van der Waals surface area contributed by atoms with Crippen LogP contribution in [-0.2, 0) is 11.3 Å². The molecule has 5 nitrogen and oxygen atoms in total. The van der Waals surface area contributed by atoms with Crippen molar-refractivity contribution in [2.75, 3.05) is 7.11 Å². The van der Waals surface area contributed by atoms with Gasteiger partial charge in [-0.2, -0.15) is 0 Å². The molecule has 4 rings (SSSR count). The Bertz CT molecular complexity index is 1050. The zero-order valence-electron chi connectivity index (χ0n) is 14.3. The Morgan fingerprint density at radius 3 is 2.62 bits per heavy atom. The minimum atomic E-state index is -0.919. The molecule has 2 atom stereocenters. The Kier molecular flexibility index (Phi) is 4.12. The summed E-state index contributed by atoms with van der Waals surface area (Å²) in [6.07, 6.45) is 1.96. The molecule has 1 aliphatic rings. The van der Waals surface area contributed by atoms with Gasteiger partial charge in [0.15, 0.2) is 0 Å². The van der Waals surface area contributed by atoms with Crippen LogP contribution in [0.1, 0.15) is 16.4 Å². The van der Waals surface area contributed by atoms with Gasteiger partial charge in [0.25, 0.3) is 5.24 Å². The van der Waals surface area contributed by atoms with Crippen molar-refractivity contribution in [3.05, 3.63) is 65.9 Å². The fourth-order valence-electron chi connectivity index (χ4n) is 3.39. The molecule has 1 aliphatic heterocycles. The SMILES string of the molecule is C=S1C(=O)NC(=O)C1c1cn(Cc2ccccc2OC)c2ccccc12. The van der Waals surface area contributed by atoms with Crippen molar-refractivity contribution in [1.29, 1.82) is 0 Å². The highest BCUT2D eigenvalue weighted by atomic mass is 32.2. The number of methoxy groups -OCH3 is 1. The Hall–Kier alpha value is -2.86. The molecule has 0 radical (unpaired) electrons. The number of benzene rings is 2. The van der Waals surface area contributed by atoms with Gasteiger partial charge in [-0.25, -0.2) is 0 Å². The Morgan fingerprint density at radius 1 is 1.15 bits per heavy atom. The molecule has 1 saturated heterocycles. The number of aromatic nitrogens is 1. The highest BCUT2D eigenvalue weighted by Gasteiger charge is 2.37. The number of nitrogens with zero attached hydrogens (tertiary/aromatic N) is 1. The second kappa shape index (κ2) is 6.46. The zero-order valence-corrected chi connectivity index (χ0v) is 15.1. The maximum Gasteiger partial charge on any atom is 0.280 e. The van der Waals surface area contributed by atoms with Gasteiger partial charge in [-0.1, -0.05) is 52.8 Å². The van der Waals surface area contributed by atoms with E-state index in [2.05, 4.69) is 15.8 Å². The molecule has 0 spiro atoms. The third kappa shape index (κ3) is 2.63. The first-order valence-electron chi connectivity index (χ1n) is 8.17. The van der Waals surface area contributed by atoms with Crippen LogP contribution in [0, 0.1) is 0 Å². The van der Waals surface area contributed by atoms with E-state index >= 15 is 0 Å². The van der Waals surface area contributed by atoms with Crippen molar-refractivity contribution in [2.24, 2.45) is 0 Å². The Balaban J connectivity index is 1.84. The van der Waals surface area contributed by atoms with Crippen molar-refractivity contribution in [1.82, 2.24) is 9.88 Å². The van der Waals surface area contributed by atoms with Crippen LogP contribution in [0.25, 0.3) is 10.9 Å². The first-order chi connectivity index (χ1) is 12.6. The maximum atomic E-state index is 12.3. The van der Waals surface area contributed by atoms with Gasteiger partial charge in [0, 0.05) is 28.2 Å². The minimum Gasteiger partial charge on any atom is -0.496 e. The lowest BCUT2D eigenvalue weighted by Crippen LogP contribution is -2.20. The molecule has 1 N–H and O–H groups in total. The van der Waals surface area contributed by atoms with Crippen molar-refractivity contribution < 1.29 is 14.3 Å². The average Bonchev–Trinajstić information content (AvgIpc) is 3.12. The number of imide groups is 1. The molecule has 2 aromatic carbocycles. The van der Waals surface area contributed by atoms with Crippen molar-refractivity contribution in [3.8, 4) is 5.75 Å². The fraction of sp³-hybridized carbons (Fsp3) is 0.150. The van der Waals surface area contributed by atoms with Gasteiger partial charge in [0.1, 0.15) is 11.0 Å². The second-order valence-corrected chi connectivity index (χ2v) is 7.83. The largest absolute Gasteiger partial charge is 0.496 e. The predicted octanol–water partition coefficient (Wildman–Crippen LogP) is 3.69. The monoisotopic (exact) mass is 366 g/mol. The molecule has 132 valence electrons. The number of hydrogen-bond donors (Lipinski definition) is 1. The molecule has 2 amide bonds. The first-order valence-corrected chi connectivity index (χ1v) is 9.63. The molecule has 0 aliphatic carbocycles. The van der Waals surface area contributed by atoms with Crippen LogP contribution in [0.2, 0.25) is 0 Å². The molecule has 2 heterocycles. The highest BCUT2D eigenvalue weighted by molar-refractivity contribution is 8.28. The van der Waals surface area contributed by atoms with Crippen molar-refractivity contribution in [3.63, 3.8) is 0 Å². The van der Waals surface area contributed by atoms with E-state index in [4.69, 9.17) is 4.74 Å². The van der Waals surface area contributed by atoms with Crippen molar-refractivity contribution in [2.45, 2.75) is 11.8 Å². The summed E-state index contributed by atoms with van der Waals surface area (Å²) in [6, 6.07) is 15.8. The van der Waals surface area contributed by atoms with E-state index in [1.165, 1.54) is 0 Å². The van der Waals surface area contributed by atoms with E-state index in [-0.39, 0.29) is 11.1 Å². The molecular formula is C20H18N2O3S. The summed E-state index contributed by atoms with van der Waals surface area (Å²) in [5, 5.41) is 2.54. The van der Waals surface area contributed by atoms with Crippen LogP contribution in [0.15, 0.2) is 54.7 Å². The van der Waals surface area contributed by atoms with E-state index in [0.29, 0.717) is 6.54 Å². The third-order valence-electron chi connectivity index (χ3n) is 4.62.